The molecular formula is C33H31BrN10O4. The van der Waals surface area contributed by atoms with E-state index in [0.717, 1.165) is 0 Å². The number of likely N-dealkylation sites (tertiary alicyclic amines) is 1. The summed E-state index contributed by atoms with van der Waals surface area (Å²) < 4.78 is 7.69. The third kappa shape index (κ3) is 5.67. The highest BCUT2D eigenvalue weighted by Crippen LogP contribution is 2.60. The number of Topliss-reactive ketones (excluding diaryl/α,β-unsaturated/α-hetero) is 1. The van der Waals surface area contributed by atoms with E-state index in [1.165, 1.54) is 11.6 Å². The van der Waals surface area contributed by atoms with E-state index in [9.17, 15) is 14.4 Å². The van der Waals surface area contributed by atoms with Crippen molar-refractivity contribution in [3.8, 4) is 11.3 Å². The fraction of sp³-hybridized carbons (Fsp3) is 0.333. The van der Waals surface area contributed by atoms with Crippen LogP contribution < -0.4 is 5.32 Å². The number of carbonyl (C=O) groups is 3. The topological polar surface area (TPSA) is 175 Å². The van der Waals surface area contributed by atoms with Crippen LogP contribution in [-0.2, 0) is 29.0 Å². The Bertz CT molecular complexity index is 2110. The number of hydrogen-bond donors (Lipinski definition) is 1. The molecule has 0 radical (unpaired) electrons. The molecule has 2 fully saturated rings. The number of fused-ring (bicyclic) bond motifs is 2. The minimum Gasteiger partial charge on any atom is -0.425 e. The molecule has 2 aliphatic rings. The van der Waals surface area contributed by atoms with Crippen LogP contribution >= 0.6 is 15.9 Å². The number of nitrogens with zero attached hydrogens (tertiary/aromatic N) is 9. The zero-order valence-electron chi connectivity index (χ0n) is 26.5. The zero-order valence-corrected chi connectivity index (χ0v) is 28.1. The number of hydrogen-bond acceptors (Lipinski definition) is 11. The van der Waals surface area contributed by atoms with Crippen LogP contribution in [0, 0.1) is 12.3 Å². The first kappa shape index (κ1) is 31.4. The minimum atomic E-state index is -0.779. The van der Waals surface area contributed by atoms with E-state index < -0.39 is 6.04 Å². The smallest absolute Gasteiger partial charge is 0.248 e. The number of rotatable bonds is 10. The van der Waals surface area contributed by atoms with Crippen molar-refractivity contribution < 1.29 is 18.8 Å². The van der Waals surface area contributed by atoms with Gasteiger partial charge in [-0.25, -0.2) is 15.0 Å². The molecule has 2 amide bonds. The van der Waals surface area contributed by atoms with Crippen LogP contribution in [0.25, 0.3) is 22.2 Å². The Morgan fingerprint density at radius 1 is 1.12 bits per heavy atom. The molecule has 7 rings (SSSR count). The average molecular weight is 712 g/mol. The van der Waals surface area contributed by atoms with Gasteiger partial charge in [0.05, 0.1) is 23.8 Å². The molecule has 0 aromatic carbocycles. The number of halogens is 1. The second kappa shape index (κ2) is 12.1. The van der Waals surface area contributed by atoms with Gasteiger partial charge < -0.3 is 14.6 Å². The number of carbonyl (C=O) groups excluding carboxylic acids is 3. The summed E-state index contributed by atoms with van der Waals surface area (Å²) >= 11 is 3.39. The lowest BCUT2D eigenvalue weighted by Crippen LogP contribution is -2.47. The largest absolute Gasteiger partial charge is 0.425 e. The predicted molar refractivity (Wildman–Crippen MR) is 177 cm³/mol. The van der Waals surface area contributed by atoms with Gasteiger partial charge in [0.2, 0.25) is 23.6 Å². The molecule has 0 spiro atoms. The Kier molecular flexibility index (Phi) is 7.93. The van der Waals surface area contributed by atoms with E-state index in [2.05, 4.69) is 63.1 Å². The average Bonchev–Trinajstić information content (AvgIpc) is 3.35. The van der Waals surface area contributed by atoms with Crippen LogP contribution in [0.3, 0.4) is 0 Å². The Morgan fingerprint density at radius 3 is 2.60 bits per heavy atom. The van der Waals surface area contributed by atoms with Gasteiger partial charge in [-0.15, -0.1) is 16.8 Å². The fourth-order valence-corrected chi connectivity index (χ4v) is 6.68. The summed E-state index contributed by atoms with van der Waals surface area (Å²) in [5.41, 5.74) is 2.33. The monoisotopic (exact) mass is 710 g/mol. The summed E-state index contributed by atoms with van der Waals surface area (Å²) in [7, 11) is 0. The van der Waals surface area contributed by atoms with Crippen molar-refractivity contribution in [2.45, 2.75) is 65.1 Å². The Labute approximate surface area is 283 Å². The van der Waals surface area contributed by atoms with Crippen LogP contribution in [0.4, 0.5) is 5.82 Å². The Balaban J connectivity index is 1.16. The third-order valence-electron chi connectivity index (χ3n) is 8.99. The number of ketones is 1. The normalized spacial score (nSPS) is 19.7. The highest BCUT2D eigenvalue weighted by atomic mass is 79.9. The number of piperidine rings is 1. The molecule has 3 atom stereocenters. The first-order valence-electron chi connectivity index (χ1n) is 15.5. The molecule has 5 aromatic heterocycles. The molecule has 6 heterocycles. The first-order valence-corrected chi connectivity index (χ1v) is 16.3. The first-order chi connectivity index (χ1) is 23.1. The molecule has 1 N–H and O–H groups in total. The van der Waals surface area contributed by atoms with E-state index in [-0.39, 0.29) is 47.7 Å². The molecule has 0 unspecified atom stereocenters. The third-order valence-corrected chi connectivity index (χ3v) is 9.43. The highest BCUT2D eigenvalue weighted by Gasteiger charge is 2.65. The Hall–Kier alpha value is -5.18. The van der Waals surface area contributed by atoms with Crippen molar-refractivity contribution >= 4 is 50.2 Å². The molecule has 14 nitrogen and oxygen atoms in total. The van der Waals surface area contributed by atoms with Gasteiger partial charge in [-0.2, -0.15) is 5.10 Å². The summed E-state index contributed by atoms with van der Waals surface area (Å²) in [6, 6.07) is 4.39. The van der Waals surface area contributed by atoms with Gasteiger partial charge in [-0.3, -0.25) is 24.0 Å². The molecule has 1 saturated carbocycles. The van der Waals surface area contributed by atoms with Gasteiger partial charge in [-0.1, -0.05) is 19.1 Å². The number of amides is 2. The molecule has 1 aliphatic heterocycles. The van der Waals surface area contributed by atoms with Crippen LogP contribution in [-0.4, -0.2) is 74.5 Å². The van der Waals surface area contributed by atoms with Gasteiger partial charge in [0.25, 0.3) is 0 Å². The highest BCUT2D eigenvalue weighted by molar-refractivity contribution is 9.10. The van der Waals surface area contributed by atoms with E-state index in [1.807, 2.05) is 19.1 Å². The van der Waals surface area contributed by atoms with Crippen molar-refractivity contribution in [3.63, 3.8) is 0 Å². The number of aryl methyl sites for hydroxylation is 2. The maximum atomic E-state index is 14.1. The molecular weight excluding hydrogens is 680 g/mol. The molecule has 1 saturated heterocycles. The zero-order chi connectivity index (χ0) is 33.7. The summed E-state index contributed by atoms with van der Waals surface area (Å²) in [6.07, 6.45) is 8.77. The standard InChI is InChI=1S/C33H31BrN10O4/c1-5-27-40-41-28(48-27)9-19-7-8-26(34)38-31(19)39-32(47)23-11-33(6-2)12-25(33)44(23)29(46)16-43-24-15-37-22(20-13-35-18(4)36-14-20)10-21(24)30(42-43)17(3)45/h6-8,10,13-15,23,25H,2,5,9,11-12,16H2,1,3-4H3,(H,38,39,47)/t23-,25+,33-/m0/s1. The van der Waals surface area contributed by atoms with Crippen LogP contribution in [0.2, 0.25) is 0 Å². The van der Waals surface area contributed by atoms with Gasteiger partial charge >= 0.3 is 0 Å². The molecule has 48 heavy (non-hydrogen) atoms. The van der Waals surface area contributed by atoms with Gasteiger partial charge in [0, 0.05) is 53.7 Å². The van der Waals surface area contributed by atoms with Crippen molar-refractivity contribution in [1.29, 1.82) is 0 Å². The SMILES string of the molecule is C=C[C@@]12C[C@@H](C(=O)Nc3nc(Br)ccc3Cc3nnc(CC)o3)N(C(=O)Cn3nc(C(C)=O)c4cc(-c5cnc(C)nc5)ncc43)[C@@H]1C2. The number of pyridine rings is 2. The number of aromatic nitrogens is 8. The van der Waals surface area contributed by atoms with Crippen molar-refractivity contribution in [3.05, 3.63) is 82.9 Å². The van der Waals surface area contributed by atoms with Gasteiger partial charge in [0.1, 0.15) is 34.5 Å². The van der Waals surface area contributed by atoms with E-state index in [0.29, 0.717) is 75.0 Å². The van der Waals surface area contributed by atoms with Gasteiger partial charge in [-0.05, 0) is 47.8 Å². The summed E-state index contributed by atoms with van der Waals surface area (Å²) in [4.78, 5) is 59.8. The fourth-order valence-electron chi connectivity index (χ4n) is 6.37. The molecule has 15 heteroatoms. The Morgan fingerprint density at radius 2 is 1.90 bits per heavy atom. The van der Waals surface area contributed by atoms with Gasteiger partial charge in [0.15, 0.2) is 5.78 Å². The lowest BCUT2D eigenvalue weighted by atomic mass is 9.99. The molecule has 5 aromatic rings. The van der Waals surface area contributed by atoms with E-state index in [4.69, 9.17) is 4.42 Å². The lowest BCUT2D eigenvalue weighted by Gasteiger charge is -2.27. The second-order valence-electron chi connectivity index (χ2n) is 12.1. The maximum Gasteiger partial charge on any atom is 0.248 e. The second-order valence-corrected chi connectivity index (χ2v) is 12.9. The summed E-state index contributed by atoms with van der Waals surface area (Å²) in [6.45, 7) is 8.96. The lowest BCUT2D eigenvalue weighted by molar-refractivity contribution is -0.138. The van der Waals surface area contributed by atoms with Crippen LogP contribution in [0.5, 0.6) is 0 Å². The quantitative estimate of drug-likeness (QED) is 0.124. The molecule has 0 bridgehead atoms. The van der Waals surface area contributed by atoms with E-state index in [1.54, 1.807) is 42.5 Å². The predicted octanol–water partition coefficient (Wildman–Crippen LogP) is 4.28. The summed E-state index contributed by atoms with van der Waals surface area (Å²) in [5, 5.41) is 16.2. The van der Waals surface area contributed by atoms with Crippen LogP contribution in [0.15, 0.2) is 58.5 Å². The summed E-state index contributed by atoms with van der Waals surface area (Å²) in [5.74, 6) is 0.952. The minimum absolute atomic E-state index is 0.181. The van der Waals surface area contributed by atoms with E-state index >= 15 is 0 Å². The maximum absolute atomic E-state index is 14.1. The van der Waals surface area contributed by atoms with Crippen LogP contribution in [0.1, 0.15) is 60.3 Å². The van der Waals surface area contributed by atoms with Crippen molar-refractivity contribution in [2.75, 3.05) is 5.32 Å². The van der Waals surface area contributed by atoms with Crippen molar-refractivity contribution in [1.82, 2.24) is 44.8 Å². The van der Waals surface area contributed by atoms with Crippen molar-refractivity contribution in [2.24, 2.45) is 5.41 Å². The number of anilines is 1. The molecule has 244 valence electrons. The molecule has 1 aliphatic carbocycles. The number of nitrogens with one attached hydrogen (secondary N) is 1.